The van der Waals surface area contributed by atoms with Crippen molar-refractivity contribution in [3.05, 3.63) is 59.9 Å². The summed E-state index contributed by atoms with van der Waals surface area (Å²) in [6.07, 6.45) is 0.747. The molecule has 0 aliphatic rings. The lowest BCUT2D eigenvalue weighted by Gasteiger charge is -2.09. The third-order valence-electron chi connectivity index (χ3n) is 2.86. The molecule has 0 aromatic heterocycles. The highest BCUT2D eigenvalue weighted by Gasteiger charge is 2.09. The average molecular weight is 289 g/mol. The molecule has 0 fully saturated rings. The normalized spacial score (nSPS) is 10.1. The van der Waals surface area contributed by atoms with E-state index in [1.807, 2.05) is 30.3 Å². The van der Waals surface area contributed by atoms with E-state index in [2.05, 4.69) is 5.32 Å². The van der Waals surface area contributed by atoms with Crippen molar-refractivity contribution in [2.75, 3.05) is 18.5 Å². The SMILES string of the molecule is O=C(O)c1ccc(NCCCOc2ccccc2)cc1F. The zero-order valence-electron chi connectivity index (χ0n) is 11.4. The third kappa shape index (κ3) is 4.49. The number of aromatic carboxylic acids is 1. The number of rotatable bonds is 7. The van der Waals surface area contributed by atoms with E-state index in [1.54, 1.807) is 6.07 Å². The van der Waals surface area contributed by atoms with Crippen LogP contribution < -0.4 is 10.1 Å². The maximum Gasteiger partial charge on any atom is 0.338 e. The highest BCUT2D eigenvalue weighted by Crippen LogP contribution is 2.14. The molecule has 0 amide bonds. The molecule has 2 aromatic rings. The predicted octanol–water partition coefficient (Wildman–Crippen LogP) is 3.40. The van der Waals surface area contributed by atoms with Crippen LogP contribution in [0.5, 0.6) is 5.75 Å². The molecule has 0 atom stereocenters. The topological polar surface area (TPSA) is 58.6 Å². The Kier molecular flexibility index (Phi) is 5.15. The fourth-order valence-electron chi connectivity index (χ4n) is 1.81. The number of para-hydroxylation sites is 1. The van der Waals surface area contributed by atoms with Gasteiger partial charge in [-0.05, 0) is 36.8 Å². The molecule has 0 saturated heterocycles. The first kappa shape index (κ1) is 14.8. The molecule has 0 radical (unpaired) electrons. The van der Waals surface area contributed by atoms with Gasteiger partial charge in [0.2, 0.25) is 0 Å². The second kappa shape index (κ2) is 7.28. The van der Waals surface area contributed by atoms with Crippen LogP contribution in [0.3, 0.4) is 0 Å². The van der Waals surface area contributed by atoms with Crippen molar-refractivity contribution in [3.8, 4) is 5.75 Å². The molecule has 2 rings (SSSR count). The van der Waals surface area contributed by atoms with Gasteiger partial charge in [-0.2, -0.15) is 0 Å². The summed E-state index contributed by atoms with van der Waals surface area (Å²) in [5.41, 5.74) is 0.227. The molecule has 110 valence electrons. The Hall–Kier alpha value is -2.56. The molecule has 2 aromatic carbocycles. The molecule has 0 spiro atoms. The van der Waals surface area contributed by atoms with Gasteiger partial charge in [0.05, 0.1) is 12.2 Å². The first-order valence-electron chi connectivity index (χ1n) is 6.61. The van der Waals surface area contributed by atoms with E-state index < -0.39 is 11.8 Å². The zero-order chi connectivity index (χ0) is 15.1. The smallest absolute Gasteiger partial charge is 0.338 e. The van der Waals surface area contributed by atoms with Crippen molar-refractivity contribution in [1.29, 1.82) is 0 Å². The molecule has 0 aliphatic heterocycles. The van der Waals surface area contributed by atoms with Gasteiger partial charge in [0.15, 0.2) is 0 Å². The molecule has 5 heteroatoms. The van der Waals surface area contributed by atoms with Gasteiger partial charge in [-0.15, -0.1) is 0 Å². The maximum absolute atomic E-state index is 13.5. The van der Waals surface area contributed by atoms with Gasteiger partial charge in [-0.1, -0.05) is 18.2 Å². The first-order chi connectivity index (χ1) is 10.2. The number of halogens is 1. The number of anilines is 1. The van der Waals surface area contributed by atoms with Gasteiger partial charge in [0, 0.05) is 12.2 Å². The minimum Gasteiger partial charge on any atom is -0.494 e. The number of nitrogens with one attached hydrogen (secondary N) is 1. The number of hydrogen-bond acceptors (Lipinski definition) is 3. The Labute approximate surface area is 122 Å². The summed E-state index contributed by atoms with van der Waals surface area (Å²) in [6.45, 7) is 1.16. The Morgan fingerprint density at radius 2 is 1.95 bits per heavy atom. The minimum atomic E-state index is -1.27. The molecule has 4 nitrogen and oxygen atoms in total. The highest BCUT2D eigenvalue weighted by atomic mass is 19.1. The standard InChI is InChI=1S/C16H16FNO3/c17-15-11-12(7-8-14(15)16(19)20)18-9-4-10-21-13-5-2-1-3-6-13/h1-3,5-8,11,18H,4,9-10H2,(H,19,20). The molecule has 0 heterocycles. The van der Waals surface area contributed by atoms with Gasteiger partial charge in [-0.3, -0.25) is 0 Å². The number of carboxylic acid groups (broad SMARTS) is 1. The summed E-state index contributed by atoms with van der Waals surface area (Å²) in [5.74, 6) is -1.20. The zero-order valence-corrected chi connectivity index (χ0v) is 11.4. The molecule has 0 aliphatic carbocycles. The van der Waals surface area contributed by atoms with Crippen molar-refractivity contribution in [2.24, 2.45) is 0 Å². The molecule has 2 N–H and O–H groups in total. The average Bonchev–Trinajstić information content (AvgIpc) is 2.47. The lowest BCUT2D eigenvalue weighted by Crippen LogP contribution is -2.08. The van der Waals surface area contributed by atoms with Crippen molar-refractivity contribution in [3.63, 3.8) is 0 Å². The van der Waals surface area contributed by atoms with Gasteiger partial charge < -0.3 is 15.2 Å². The fourth-order valence-corrected chi connectivity index (χ4v) is 1.81. The molecular weight excluding hydrogens is 273 g/mol. The number of carboxylic acids is 1. The number of benzene rings is 2. The van der Waals surface area contributed by atoms with Crippen LogP contribution in [-0.2, 0) is 0 Å². The summed E-state index contributed by atoms with van der Waals surface area (Å²) in [6, 6.07) is 13.5. The van der Waals surface area contributed by atoms with Crippen molar-refractivity contribution in [2.45, 2.75) is 6.42 Å². The van der Waals surface area contributed by atoms with Gasteiger partial charge >= 0.3 is 5.97 Å². The second-order valence-electron chi connectivity index (χ2n) is 4.44. The monoisotopic (exact) mass is 289 g/mol. The molecule has 0 saturated carbocycles. The van der Waals surface area contributed by atoms with Gasteiger partial charge in [0.25, 0.3) is 0 Å². The van der Waals surface area contributed by atoms with Crippen molar-refractivity contribution < 1.29 is 19.0 Å². The van der Waals surface area contributed by atoms with Crippen LogP contribution in [-0.4, -0.2) is 24.2 Å². The predicted molar refractivity (Wildman–Crippen MR) is 78.4 cm³/mol. The van der Waals surface area contributed by atoms with Crippen LogP contribution >= 0.6 is 0 Å². The van der Waals surface area contributed by atoms with Crippen LogP contribution in [0.25, 0.3) is 0 Å². The molecular formula is C16H16FNO3. The van der Waals surface area contributed by atoms with Gasteiger partial charge in [-0.25, -0.2) is 9.18 Å². The Bertz CT molecular complexity index is 602. The molecule has 21 heavy (non-hydrogen) atoms. The minimum absolute atomic E-state index is 0.326. The largest absolute Gasteiger partial charge is 0.494 e. The van der Waals surface area contributed by atoms with Crippen LogP contribution in [0.4, 0.5) is 10.1 Å². The summed E-state index contributed by atoms with van der Waals surface area (Å²) in [5, 5.41) is 11.8. The van der Waals surface area contributed by atoms with E-state index in [0.717, 1.165) is 12.2 Å². The number of carbonyl (C=O) groups is 1. The lowest BCUT2D eigenvalue weighted by atomic mass is 10.2. The highest BCUT2D eigenvalue weighted by molar-refractivity contribution is 5.88. The second-order valence-corrected chi connectivity index (χ2v) is 4.44. The van der Waals surface area contributed by atoms with E-state index in [4.69, 9.17) is 9.84 Å². The quantitative estimate of drug-likeness (QED) is 0.767. The number of ether oxygens (including phenoxy) is 1. The van der Waals surface area contributed by atoms with Crippen molar-refractivity contribution >= 4 is 11.7 Å². The first-order valence-corrected chi connectivity index (χ1v) is 6.61. The van der Waals surface area contributed by atoms with Gasteiger partial charge in [0.1, 0.15) is 11.6 Å². The third-order valence-corrected chi connectivity index (χ3v) is 2.86. The van der Waals surface area contributed by atoms with E-state index in [0.29, 0.717) is 18.8 Å². The van der Waals surface area contributed by atoms with E-state index >= 15 is 0 Å². The molecule has 0 unspecified atom stereocenters. The van der Waals surface area contributed by atoms with Crippen LogP contribution in [0, 0.1) is 5.82 Å². The van der Waals surface area contributed by atoms with Crippen molar-refractivity contribution in [1.82, 2.24) is 0 Å². The van der Waals surface area contributed by atoms with E-state index in [9.17, 15) is 9.18 Å². The Balaban J connectivity index is 1.74. The van der Waals surface area contributed by atoms with E-state index in [1.165, 1.54) is 12.1 Å². The Morgan fingerprint density at radius 3 is 2.62 bits per heavy atom. The summed E-state index contributed by atoms with van der Waals surface area (Å²) < 4.78 is 19.0. The van der Waals surface area contributed by atoms with E-state index in [-0.39, 0.29) is 5.56 Å². The van der Waals surface area contributed by atoms with Crippen LogP contribution in [0.2, 0.25) is 0 Å². The van der Waals surface area contributed by atoms with Crippen LogP contribution in [0.1, 0.15) is 16.8 Å². The molecule has 0 bridgehead atoms. The Morgan fingerprint density at radius 1 is 1.19 bits per heavy atom. The summed E-state index contributed by atoms with van der Waals surface area (Å²) in [4.78, 5) is 10.7. The number of hydrogen-bond donors (Lipinski definition) is 2. The fraction of sp³-hybridized carbons (Fsp3) is 0.188. The van der Waals surface area contributed by atoms with Crippen LogP contribution in [0.15, 0.2) is 48.5 Å². The summed E-state index contributed by atoms with van der Waals surface area (Å²) >= 11 is 0. The summed E-state index contributed by atoms with van der Waals surface area (Å²) in [7, 11) is 0. The maximum atomic E-state index is 13.5. The lowest BCUT2D eigenvalue weighted by molar-refractivity contribution is 0.0692.